The van der Waals surface area contributed by atoms with E-state index in [1.165, 1.54) is 43.5 Å². The van der Waals surface area contributed by atoms with Gasteiger partial charge >= 0.3 is 6.03 Å². The number of hydrogen-bond acceptors (Lipinski definition) is 2. The molecule has 2 aliphatic heterocycles. The molecule has 1 unspecified atom stereocenters. The van der Waals surface area contributed by atoms with Crippen LogP contribution in [0.15, 0.2) is 24.3 Å². The molecule has 1 atom stereocenters. The summed E-state index contributed by atoms with van der Waals surface area (Å²) in [5.74, 6) is 0. The molecule has 0 radical (unpaired) electrons. The van der Waals surface area contributed by atoms with Gasteiger partial charge in [-0.2, -0.15) is 0 Å². The van der Waals surface area contributed by atoms with Crippen molar-refractivity contribution in [2.45, 2.75) is 57.0 Å². The van der Waals surface area contributed by atoms with Gasteiger partial charge in [-0.05, 0) is 57.7 Å². The standard InChI is InChI=1S/C20H29N3O/c1-16-5-7-17(8-6-16)20(10-11-20)21-19(24)23-14-9-18(15-23)22-12-3-2-4-13-22/h5-8,18H,2-4,9-15H2,1H3,(H,21,24). The summed E-state index contributed by atoms with van der Waals surface area (Å²) in [4.78, 5) is 17.4. The van der Waals surface area contributed by atoms with Crippen LogP contribution in [-0.4, -0.2) is 48.1 Å². The number of likely N-dealkylation sites (tertiary alicyclic amines) is 2. The van der Waals surface area contributed by atoms with E-state index in [1.807, 2.05) is 4.90 Å². The average Bonchev–Trinajstić information content (AvgIpc) is 3.21. The molecular weight excluding hydrogens is 298 g/mol. The average molecular weight is 327 g/mol. The second-order valence-corrected chi connectivity index (χ2v) is 7.86. The number of nitrogens with zero attached hydrogens (tertiary/aromatic N) is 2. The molecular formula is C20H29N3O. The summed E-state index contributed by atoms with van der Waals surface area (Å²) in [5, 5.41) is 3.34. The van der Waals surface area contributed by atoms with Gasteiger partial charge in [-0.15, -0.1) is 0 Å². The number of benzene rings is 1. The van der Waals surface area contributed by atoms with Crippen LogP contribution in [0.4, 0.5) is 4.79 Å². The second kappa shape index (κ2) is 6.40. The Labute approximate surface area is 145 Å². The number of aryl methyl sites for hydroxylation is 1. The molecule has 1 aromatic rings. The Bertz CT molecular complexity index is 587. The minimum Gasteiger partial charge on any atom is -0.328 e. The summed E-state index contributed by atoms with van der Waals surface area (Å²) in [6, 6.07) is 9.33. The fourth-order valence-corrected chi connectivity index (χ4v) is 4.28. The van der Waals surface area contributed by atoms with Crippen molar-refractivity contribution in [2.24, 2.45) is 0 Å². The first-order valence-corrected chi connectivity index (χ1v) is 9.55. The molecule has 4 nitrogen and oxygen atoms in total. The van der Waals surface area contributed by atoms with Gasteiger partial charge in [-0.3, -0.25) is 4.90 Å². The summed E-state index contributed by atoms with van der Waals surface area (Å²) >= 11 is 0. The molecule has 1 aliphatic carbocycles. The zero-order valence-corrected chi connectivity index (χ0v) is 14.8. The number of carbonyl (C=O) groups is 1. The Kier molecular flexibility index (Phi) is 4.25. The van der Waals surface area contributed by atoms with E-state index in [-0.39, 0.29) is 11.6 Å². The predicted molar refractivity (Wildman–Crippen MR) is 96.0 cm³/mol. The van der Waals surface area contributed by atoms with E-state index >= 15 is 0 Å². The summed E-state index contributed by atoms with van der Waals surface area (Å²) < 4.78 is 0. The number of rotatable bonds is 3. The largest absolute Gasteiger partial charge is 0.328 e. The van der Waals surface area contributed by atoms with Crippen LogP contribution < -0.4 is 5.32 Å². The van der Waals surface area contributed by atoms with Crippen molar-refractivity contribution in [1.29, 1.82) is 0 Å². The number of nitrogens with one attached hydrogen (secondary N) is 1. The summed E-state index contributed by atoms with van der Waals surface area (Å²) in [5.41, 5.74) is 2.42. The van der Waals surface area contributed by atoms with Gasteiger partial charge in [0.1, 0.15) is 0 Å². The van der Waals surface area contributed by atoms with Crippen LogP contribution >= 0.6 is 0 Å². The Hall–Kier alpha value is -1.55. The lowest BCUT2D eigenvalue weighted by Crippen LogP contribution is -2.46. The Morgan fingerprint density at radius 2 is 1.79 bits per heavy atom. The molecule has 24 heavy (non-hydrogen) atoms. The minimum absolute atomic E-state index is 0.103. The van der Waals surface area contributed by atoms with Crippen LogP contribution in [0, 0.1) is 6.92 Å². The third kappa shape index (κ3) is 3.16. The molecule has 4 rings (SSSR count). The molecule has 0 bridgehead atoms. The maximum atomic E-state index is 12.8. The van der Waals surface area contributed by atoms with Gasteiger partial charge in [0.15, 0.2) is 0 Å². The molecule has 1 saturated carbocycles. The lowest BCUT2D eigenvalue weighted by Gasteiger charge is -2.32. The van der Waals surface area contributed by atoms with E-state index in [0.717, 1.165) is 32.4 Å². The molecule has 1 aromatic carbocycles. The van der Waals surface area contributed by atoms with Gasteiger partial charge in [0, 0.05) is 19.1 Å². The molecule has 0 spiro atoms. The van der Waals surface area contributed by atoms with Gasteiger partial charge in [-0.1, -0.05) is 36.2 Å². The molecule has 130 valence electrons. The third-order valence-electron chi connectivity index (χ3n) is 6.06. The molecule has 2 heterocycles. The minimum atomic E-state index is -0.103. The summed E-state index contributed by atoms with van der Waals surface area (Å²) in [6.07, 6.45) is 7.26. The molecule has 0 aromatic heterocycles. The predicted octanol–water partition coefficient (Wildman–Crippen LogP) is 3.25. The zero-order valence-electron chi connectivity index (χ0n) is 14.8. The van der Waals surface area contributed by atoms with Crippen LogP contribution in [0.25, 0.3) is 0 Å². The maximum Gasteiger partial charge on any atom is 0.318 e. The molecule has 3 aliphatic rings. The monoisotopic (exact) mass is 327 g/mol. The van der Waals surface area contributed by atoms with Crippen LogP contribution in [0.1, 0.15) is 49.7 Å². The first-order valence-electron chi connectivity index (χ1n) is 9.55. The van der Waals surface area contributed by atoms with Crippen molar-refractivity contribution in [2.75, 3.05) is 26.2 Å². The van der Waals surface area contributed by atoms with E-state index in [9.17, 15) is 4.79 Å². The third-order valence-corrected chi connectivity index (χ3v) is 6.06. The maximum absolute atomic E-state index is 12.8. The fraction of sp³-hybridized carbons (Fsp3) is 0.650. The number of carbonyl (C=O) groups excluding carboxylic acids is 1. The highest BCUT2D eigenvalue weighted by Gasteiger charge is 2.46. The van der Waals surface area contributed by atoms with Crippen LogP contribution in [0.2, 0.25) is 0 Å². The van der Waals surface area contributed by atoms with Gasteiger partial charge in [0.25, 0.3) is 0 Å². The van der Waals surface area contributed by atoms with Crippen LogP contribution in [0.3, 0.4) is 0 Å². The van der Waals surface area contributed by atoms with Gasteiger partial charge in [-0.25, -0.2) is 4.79 Å². The number of amides is 2. The number of piperidine rings is 1. The molecule has 4 heteroatoms. The molecule has 1 N–H and O–H groups in total. The smallest absolute Gasteiger partial charge is 0.318 e. The normalized spacial score (nSPS) is 26.4. The first-order chi connectivity index (χ1) is 11.7. The van der Waals surface area contributed by atoms with Crippen molar-refractivity contribution in [3.63, 3.8) is 0 Å². The Morgan fingerprint density at radius 3 is 2.46 bits per heavy atom. The van der Waals surface area contributed by atoms with Crippen molar-refractivity contribution in [3.8, 4) is 0 Å². The first kappa shape index (κ1) is 15.9. The summed E-state index contributed by atoms with van der Waals surface area (Å²) in [7, 11) is 0. The highest BCUT2D eigenvalue weighted by Crippen LogP contribution is 2.45. The van der Waals surface area contributed by atoms with Crippen LogP contribution in [0.5, 0.6) is 0 Å². The molecule has 3 fully saturated rings. The lowest BCUT2D eigenvalue weighted by atomic mass is 10.0. The van der Waals surface area contributed by atoms with E-state index < -0.39 is 0 Å². The van der Waals surface area contributed by atoms with E-state index in [1.54, 1.807) is 0 Å². The van der Waals surface area contributed by atoms with Crippen molar-refractivity contribution < 1.29 is 4.79 Å². The topological polar surface area (TPSA) is 35.6 Å². The highest BCUT2D eigenvalue weighted by molar-refractivity contribution is 5.76. The van der Waals surface area contributed by atoms with E-state index in [2.05, 4.69) is 41.4 Å². The fourth-order valence-electron chi connectivity index (χ4n) is 4.28. The van der Waals surface area contributed by atoms with Gasteiger partial charge in [0.05, 0.1) is 5.54 Å². The second-order valence-electron chi connectivity index (χ2n) is 7.86. The van der Waals surface area contributed by atoms with Gasteiger partial charge in [0.2, 0.25) is 0 Å². The van der Waals surface area contributed by atoms with Gasteiger partial charge < -0.3 is 10.2 Å². The number of urea groups is 1. The Morgan fingerprint density at radius 1 is 1.08 bits per heavy atom. The molecule has 2 amide bonds. The van der Waals surface area contributed by atoms with E-state index in [4.69, 9.17) is 0 Å². The van der Waals surface area contributed by atoms with Crippen LogP contribution in [-0.2, 0) is 5.54 Å². The quantitative estimate of drug-likeness (QED) is 0.925. The number of hydrogen-bond donors (Lipinski definition) is 1. The zero-order chi connectivity index (χ0) is 16.6. The highest BCUT2D eigenvalue weighted by atomic mass is 16.2. The van der Waals surface area contributed by atoms with Crippen molar-refractivity contribution >= 4 is 6.03 Å². The van der Waals surface area contributed by atoms with Crippen molar-refractivity contribution in [3.05, 3.63) is 35.4 Å². The SMILES string of the molecule is Cc1ccc(C2(NC(=O)N3CCC(N4CCCCC4)C3)CC2)cc1. The van der Waals surface area contributed by atoms with Crippen molar-refractivity contribution in [1.82, 2.24) is 15.1 Å². The summed E-state index contributed by atoms with van der Waals surface area (Å²) in [6.45, 7) is 6.33. The Balaban J connectivity index is 1.36. The lowest BCUT2D eigenvalue weighted by molar-refractivity contribution is 0.160. The van der Waals surface area contributed by atoms with E-state index in [0.29, 0.717) is 6.04 Å². The molecule has 2 saturated heterocycles.